The van der Waals surface area contributed by atoms with Crippen LogP contribution < -0.4 is 16.8 Å². The molecule has 114 valence electrons. The predicted octanol–water partition coefficient (Wildman–Crippen LogP) is -0.609. The van der Waals surface area contributed by atoms with Gasteiger partial charge in [0.25, 0.3) is 0 Å². The molecule has 2 atom stereocenters. The van der Waals surface area contributed by atoms with Gasteiger partial charge in [-0.05, 0) is 18.4 Å². The lowest BCUT2D eigenvalue weighted by Crippen LogP contribution is -2.51. The van der Waals surface area contributed by atoms with Crippen LogP contribution in [0.15, 0.2) is 30.3 Å². The molecule has 7 heteroatoms. The van der Waals surface area contributed by atoms with Gasteiger partial charge in [0, 0.05) is 6.42 Å². The Labute approximate surface area is 122 Å². The molecule has 21 heavy (non-hydrogen) atoms. The van der Waals surface area contributed by atoms with Gasteiger partial charge in [0.2, 0.25) is 11.8 Å². The van der Waals surface area contributed by atoms with Crippen molar-refractivity contribution in [3.63, 3.8) is 0 Å². The summed E-state index contributed by atoms with van der Waals surface area (Å²) in [6.45, 7) is 0. The third kappa shape index (κ3) is 6.05. The van der Waals surface area contributed by atoms with Gasteiger partial charge in [-0.3, -0.25) is 14.4 Å². The van der Waals surface area contributed by atoms with Gasteiger partial charge in [-0.1, -0.05) is 30.3 Å². The molecule has 0 aliphatic rings. The second-order valence-corrected chi connectivity index (χ2v) is 4.69. The van der Waals surface area contributed by atoms with E-state index in [1.165, 1.54) is 0 Å². The molecule has 1 rings (SSSR count). The van der Waals surface area contributed by atoms with Crippen LogP contribution >= 0.6 is 0 Å². The molecule has 0 unspecified atom stereocenters. The fraction of sp³-hybridized carbons (Fsp3) is 0.357. The maximum atomic E-state index is 11.9. The second kappa shape index (κ2) is 8.01. The summed E-state index contributed by atoms with van der Waals surface area (Å²) in [5, 5.41) is 11.0. The third-order valence-corrected chi connectivity index (χ3v) is 2.94. The van der Waals surface area contributed by atoms with Crippen molar-refractivity contribution in [2.24, 2.45) is 11.5 Å². The van der Waals surface area contributed by atoms with Gasteiger partial charge >= 0.3 is 5.97 Å². The van der Waals surface area contributed by atoms with Gasteiger partial charge in [0.05, 0.1) is 6.04 Å². The topological polar surface area (TPSA) is 136 Å². The monoisotopic (exact) mass is 293 g/mol. The lowest BCUT2D eigenvalue weighted by molar-refractivity contribution is -0.137. The van der Waals surface area contributed by atoms with Gasteiger partial charge < -0.3 is 21.9 Å². The van der Waals surface area contributed by atoms with Gasteiger partial charge in [0.15, 0.2) is 0 Å². The molecule has 2 amide bonds. The molecule has 0 heterocycles. The molecule has 0 radical (unpaired) electrons. The van der Waals surface area contributed by atoms with E-state index in [1.807, 2.05) is 30.3 Å². The fourth-order valence-corrected chi connectivity index (χ4v) is 1.79. The quantitative estimate of drug-likeness (QED) is 0.507. The van der Waals surface area contributed by atoms with E-state index in [-0.39, 0.29) is 12.8 Å². The smallest absolute Gasteiger partial charge is 0.303 e. The molecule has 0 saturated carbocycles. The molecule has 6 N–H and O–H groups in total. The highest BCUT2D eigenvalue weighted by molar-refractivity contribution is 5.89. The van der Waals surface area contributed by atoms with Crippen LogP contribution in [0.1, 0.15) is 18.4 Å². The molecule has 7 nitrogen and oxygen atoms in total. The highest BCUT2D eigenvalue weighted by Crippen LogP contribution is 2.03. The van der Waals surface area contributed by atoms with E-state index in [1.54, 1.807) is 0 Å². The van der Waals surface area contributed by atoms with Gasteiger partial charge in [-0.2, -0.15) is 0 Å². The standard InChI is InChI=1S/C14H19N3O4/c15-10(8-9-4-2-1-3-5-9)14(21)17-11(13(16)20)6-7-12(18)19/h1-5,10-11H,6-8,15H2,(H2,16,20)(H,17,21)(H,18,19)/t10-,11+/m0/s1. The van der Waals surface area contributed by atoms with E-state index in [9.17, 15) is 14.4 Å². The molecule has 1 aromatic rings. The molecule has 0 aromatic heterocycles. The maximum Gasteiger partial charge on any atom is 0.303 e. The zero-order chi connectivity index (χ0) is 15.8. The van der Waals surface area contributed by atoms with Crippen LogP contribution in [0.4, 0.5) is 0 Å². The van der Waals surface area contributed by atoms with Crippen molar-refractivity contribution >= 4 is 17.8 Å². The number of nitrogens with two attached hydrogens (primary N) is 2. The Balaban J connectivity index is 2.56. The van der Waals surface area contributed by atoms with E-state index in [0.29, 0.717) is 6.42 Å². The number of hydrogen-bond acceptors (Lipinski definition) is 4. The van der Waals surface area contributed by atoms with E-state index in [0.717, 1.165) is 5.56 Å². The Morgan fingerprint density at radius 3 is 2.33 bits per heavy atom. The number of hydrogen-bond donors (Lipinski definition) is 4. The summed E-state index contributed by atoms with van der Waals surface area (Å²) < 4.78 is 0. The van der Waals surface area contributed by atoms with Crippen molar-refractivity contribution in [1.82, 2.24) is 5.32 Å². The van der Waals surface area contributed by atoms with Crippen LogP contribution in [-0.4, -0.2) is 35.0 Å². The SMILES string of the molecule is NC(=O)[C@@H](CCC(=O)O)NC(=O)[C@@H](N)Cc1ccccc1. The van der Waals surface area contributed by atoms with Crippen molar-refractivity contribution in [3.8, 4) is 0 Å². The number of rotatable bonds is 8. The summed E-state index contributed by atoms with van der Waals surface area (Å²) in [5.41, 5.74) is 11.8. The summed E-state index contributed by atoms with van der Waals surface area (Å²) in [4.78, 5) is 33.6. The van der Waals surface area contributed by atoms with Crippen LogP contribution in [-0.2, 0) is 20.8 Å². The van der Waals surface area contributed by atoms with Crippen molar-refractivity contribution in [3.05, 3.63) is 35.9 Å². The summed E-state index contributed by atoms with van der Waals surface area (Å²) >= 11 is 0. The Morgan fingerprint density at radius 1 is 1.19 bits per heavy atom. The largest absolute Gasteiger partial charge is 0.481 e. The van der Waals surface area contributed by atoms with E-state index in [2.05, 4.69) is 5.32 Å². The number of carboxylic acids is 1. The first-order valence-corrected chi connectivity index (χ1v) is 6.51. The van der Waals surface area contributed by atoms with Gasteiger partial charge in [0.1, 0.15) is 6.04 Å². The first-order chi connectivity index (χ1) is 9.90. The number of amides is 2. The average Bonchev–Trinajstić information content (AvgIpc) is 2.43. The fourth-order valence-electron chi connectivity index (χ4n) is 1.79. The second-order valence-electron chi connectivity index (χ2n) is 4.69. The number of carbonyl (C=O) groups is 3. The van der Waals surface area contributed by atoms with Crippen LogP contribution in [0.2, 0.25) is 0 Å². The number of carboxylic acid groups (broad SMARTS) is 1. The van der Waals surface area contributed by atoms with Crippen molar-refractivity contribution in [1.29, 1.82) is 0 Å². The number of nitrogens with one attached hydrogen (secondary N) is 1. The predicted molar refractivity (Wildman–Crippen MR) is 76.1 cm³/mol. The summed E-state index contributed by atoms with van der Waals surface area (Å²) in [6.07, 6.45) is -0.00659. The normalized spacial score (nSPS) is 13.2. The van der Waals surface area contributed by atoms with Crippen LogP contribution in [0, 0.1) is 0 Å². The summed E-state index contributed by atoms with van der Waals surface area (Å²) in [6, 6.07) is 7.32. The number of primary amides is 1. The molecule has 0 aliphatic heterocycles. The van der Waals surface area contributed by atoms with Crippen LogP contribution in [0.3, 0.4) is 0 Å². The lowest BCUT2D eigenvalue weighted by atomic mass is 10.0. The Morgan fingerprint density at radius 2 is 1.81 bits per heavy atom. The molecular weight excluding hydrogens is 274 g/mol. The van der Waals surface area contributed by atoms with Gasteiger partial charge in [-0.15, -0.1) is 0 Å². The van der Waals surface area contributed by atoms with E-state index < -0.39 is 29.9 Å². The number of carbonyl (C=O) groups excluding carboxylic acids is 2. The molecule has 0 spiro atoms. The van der Waals surface area contributed by atoms with Gasteiger partial charge in [-0.25, -0.2) is 0 Å². The average molecular weight is 293 g/mol. The third-order valence-electron chi connectivity index (χ3n) is 2.94. The lowest BCUT2D eigenvalue weighted by Gasteiger charge is -2.18. The van der Waals surface area contributed by atoms with Crippen molar-refractivity contribution < 1.29 is 19.5 Å². The molecule has 0 bridgehead atoms. The van der Waals surface area contributed by atoms with Crippen molar-refractivity contribution in [2.75, 3.05) is 0 Å². The summed E-state index contributed by atoms with van der Waals surface area (Å²) in [7, 11) is 0. The number of benzene rings is 1. The summed E-state index contributed by atoms with van der Waals surface area (Å²) in [5.74, 6) is -2.38. The molecule has 0 fully saturated rings. The molecule has 0 aliphatic carbocycles. The van der Waals surface area contributed by atoms with Crippen LogP contribution in [0.5, 0.6) is 0 Å². The van der Waals surface area contributed by atoms with E-state index >= 15 is 0 Å². The zero-order valence-corrected chi connectivity index (χ0v) is 11.5. The molecule has 1 aromatic carbocycles. The minimum Gasteiger partial charge on any atom is -0.481 e. The Kier molecular flexibility index (Phi) is 6.35. The molecular formula is C14H19N3O4. The minimum atomic E-state index is -1.07. The maximum absolute atomic E-state index is 11.9. The number of aliphatic carboxylic acids is 1. The minimum absolute atomic E-state index is 0.0610. The van der Waals surface area contributed by atoms with Crippen LogP contribution in [0.25, 0.3) is 0 Å². The molecule has 0 saturated heterocycles. The van der Waals surface area contributed by atoms with E-state index in [4.69, 9.17) is 16.6 Å². The Hall–Kier alpha value is -2.41. The zero-order valence-electron chi connectivity index (χ0n) is 11.5. The highest BCUT2D eigenvalue weighted by atomic mass is 16.4. The van der Waals surface area contributed by atoms with Crippen molar-refractivity contribution in [2.45, 2.75) is 31.3 Å². The highest BCUT2D eigenvalue weighted by Gasteiger charge is 2.22. The first-order valence-electron chi connectivity index (χ1n) is 6.51. The Bertz CT molecular complexity index is 504. The first kappa shape index (κ1) is 16.6.